The van der Waals surface area contributed by atoms with Crippen LogP contribution in [0.4, 0.5) is 13.2 Å². The fourth-order valence-corrected chi connectivity index (χ4v) is 3.06. The Bertz CT molecular complexity index is 848. The van der Waals surface area contributed by atoms with Gasteiger partial charge in [-0.1, -0.05) is 5.16 Å². The van der Waals surface area contributed by atoms with Crippen LogP contribution < -0.4 is 4.74 Å². The van der Waals surface area contributed by atoms with Crippen molar-refractivity contribution in [3.8, 4) is 17.1 Å². The van der Waals surface area contributed by atoms with Gasteiger partial charge >= 0.3 is 12.1 Å². The minimum Gasteiger partial charge on any atom is -0.606 e. The van der Waals surface area contributed by atoms with Crippen LogP contribution in [-0.2, 0) is 17.4 Å². The third-order valence-corrected chi connectivity index (χ3v) is 4.67. The van der Waals surface area contributed by atoms with Crippen molar-refractivity contribution in [2.75, 3.05) is 7.11 Å². The first-order valence-corrected chi connectivity index (χ1v) is 8.10. The average molecular weight is 368 g/mol. The summed E-state index contributed by atoms with van der Waals surface area (Å²) in [7, 11) is 1.53. The van der Waals surface area contributed by atoms with Gasteiger partial charge in [-0.25, -0.2) is 0 Å². The molecule has 0 saturated carbocycles. The van der Waals surface area contributed by atoms with Gasteiger partial charge in [0, 0.05) is 16.7 Å². The summed E-state index contributed by atoms with van der Waals surface area (Å²) in [6.45, 7) is 0. The molecule has 9 heteroatoms. The highest BCUT2D eigenvalue weighted by atomic mass is 32.2. The molecule has 0 saturated heterocycles. The van der Waals surface area contributed by atoms with E-state index in [4.69, 9.17) is 4.74 Å². The van der Waals surface area contributed by atoms with Crippen molar-refractivity contribution in [2.24, 2.45) is 0 Å². The molecule has 0 bridgehead atoms. The van der Waals surface area contributed by atoms with E-state index in [1.807, 2.05) is 0 Å². The molecule has 1 atom stereocenters. The van der Waals surface area contributed by atoms with Crippen LogP contribution in [0.15, 0.2) is 62.8 Å². The van der Waals surface area contributed by atoms with Crippen LogP contribution >= 0.6 is 0 Å². The topological polar surface area (TPSA) is 71.2 Å². The van der Waals surface area contributed by atoms with E-state index in [2.05, 4.69) is 14.7 Å². The van der Waals surface area contributed by atoms with Crippen molar-refractivity contribution >= 4 is 11.2 Å². The van der Waals surface area contributed by atoms with Gasteiger partial charge in [-0.15, -0.1) is 0 Å². The molecule has 130 valence electrons. The molecular weight excluding hydrogens is 357 g/mol. The van der Waals surface area contributed by atoms with Gasteiger partial charge in [0.2, 0.25) is 5.82 Å². The SMILES string of the molecule is COc1ccc([S+]([O-])c2ccc(-c3noc(C(F)(F)F)n3)cc2)cc1. The first-order valence-electron chi connectivity index (χ1n) is 6.95. The van der Waals surface area contributed by atoms with Gasteiger partial charge in [-0.05, 0) is 48.5 Å². The lowest BCUT2D eigenvalue weighted by Crippen LogP contribution is -2.04. The largest absolute Gasteiger partial charge is 0.606 e. The van der Waals surface area contributed by atoms with E-state index in [0.29, 0.717) is 21.1 Å². The molecule has 0 amide bonds. The molecule has 0 spiro atoms. The van der Waals surface area contributed by atoms with E-state index in [9.17, 15) is 17.7 Å². The second-order valence-electron chi connectivity index (χ2n) is 4.89. The van der Waals surface area contributed by atoms with Crippen molar-refractivity contribution in [3.05, 3.63) is 54.4 Å². The molecule has 0 aliphatic heterocycles. The summed E-state index contributed by atoms with van der Waals surface area (Å²) in [6.07, 6.45) is -4.69. The third-order valence-electron chi connectivity index (χ3n) is 3.27. The minimum absolute atomic E-state index is 0.186. The Morgan fingerprint density at radius 3 is 2.04 bits per heavy atom. The number of alkyl halides is 3. The van der Waals surface area contributed by atoms with Gasteiger partial charge in [-0.2, -0.15) is 18.2 Å². The Balaban J connectivity index is 1.80. The summed E-state index contributed by atoms with van der Waals surface area (Å²) in [4.78, 5) is 4.38. The second-order valence-corrected chi connectivity index (χ2v) is 6.37. The summed E-state index contributed by atoms with van der Waals surface area (Å²) in [6, 6.07) is 12.8. The number of hydrogen-bond acceptors (Lipinski definition) is 5. The average Bonchev–Trinajstić information content (AvgIpc) is 3.12. The summed E-state index contributed by atoms with van der Waals surface area (Å²) in [5.74, 6) is -0.948. The number of aromatic nitrogens is 2. The summed E-state index contributed by atoms with van der Waals surface area (Å²) in [5, 5.41) is 3.31. The zero-order chi connectivity index (χ0) is 18.0. The lowest BCUT2D eigenvalue weighted by Gasteiger charge is -2.10. The molecule has 0 aliphatic rings. The predicted molar refractivity (Wildman–Crippen MR) is 82.4 cm³/mol. The number of rotatable bonds is 4. The highest BCUT2D eigenvalue weighted by Crippen LogP contribution is 2.30. The van der Waals surface area contributed by atoms with Crippen LogP contribution in [0.1, 0.15) is 5.89 Å². The smallest absolute Gasteiger partial charge is 0.471 e. The molecule has 0 radical (unpaired) electrons. The fraction of sp³-hybridized carbons (Fsp3) is 0.125. The first kappa shape index (κ1) is 17.3. The molecule has 0 fully saturated rings. The van der Waals surface area contributed by atoms with Crippen molar-refractivity contribution in [1.29, 1.82) is 0 Å². The lowest BCUT2D eigenvalue weighted by atomic mass is 10.2. The second kappa shape index (κ2) is 6.77. The number of methoxy groups -OCH3 is 1. The quantitative estimate of drug-likeness (QED) is 0.653. The maximum atomic E-state index is 12.5. The van der Waals surface area contributed by atoms with Crippen molar-refractivity contribution in [2.45, 2.75) is 16.0 Å². The van der Waals surface area contributed by atoms with Gasteiger partial charge in [0.15, 0.2) is 9.79 Å². The zero-order valence-corrected chi connectivity index (χ0v) is 13.6. The fourth-order valence-electron chi connectivity index (χ4n) is 2.02. The molecule has 0 N–H and O–H groups in total. The van der Waals surface area contributed by atoms with Gasteiger partial charge in [0.1, 0.15) is 5.75 Å². The Morgan fingerprint density at radius 2 is 1.56 bits per heavy atom. The monoisotopic (exact) mass is 368 g/mol. The van der Waals surface area contributed by atoms with Gasteiger partial charge in [0.25, 0.3) is 0 Å². The maximum absolute atomic E-state index is 12.5. The molecule has 1 unspecified atom stereocenters. The highest BCUT2D eigenvalue weighted by molar-refractivity contribution is 7.91. The van der Waals surface area contributed by atoms with Crippen molar-refractivity contribution in [1.82, 2.24) is 10.1 Å². The maximum Gasteiger partial charge on any atom is 0.471 e. The van der Waals surface area contributed by atoms with E-state index >= 15 is 0 Å². The Kier molecular flexibility index (Phi) is 4.69. The third kappa shape index (κ3) is 3.77. The number of nitrogens with zero attached hydrogens (tertiary/aromatic N) is 2. The van der Waals surface area contributed by atoms with E-state index in [1.54, 1.807) is 36.4 Å². The number of benzene rings is 2. The lowest BCUT2D eigenvalue weighted by molar-refractivity contribution is -0.159. The van der Waals surface area contributed by atoms with Crippen LogP contribution in [0.2, 0.25) is 0 Å². The van der Waals surface area contributed by atoms with E-state index in [0.717, 1.165) is 0 Å². The van der Waals surface area contributed by atoms with Crippen LogP contribution in [0.3, 0.4) is 0 Å². The summed E-state index contributed by atoms with van der Waals surface area (Å²) in [5.41, 5.74) is 0.328. The first-order chi connectivity index (χ1) is 11.9. The van der Waals surface area contributed by atoms with E-state index in [-0.39, 0.29) is 5.82 Å². The molecule has 0 aliphatic carbocycles. The minimum atomic E-state index is -4.69. The number of hydrogen-bond donors (Lipinski definition) is 0. The number of halogens is 3. The molecule has 3 aromatic rings. The molecule has 5 nitrogen and oxygen atoms in total. The molecule has 1 heterocycles. The summed E-state index contributed by atoms with van der Waals surface area (Å²) >= 11 is -1.43. The van der Waals surface area contributed by atoms with Crippen LogP contribution in [0, 0.1) is 0 Å². The predicted octanol–water partition coefficient (Wildman–Crippen LogP) is 3.93. The zero-order valence-electron chi connectivity index (χ0n) is 12.8. The molecule has 3 rings (SSSR count). The number of ether oxygens (including phenoxy) is 1. The van der Waals surface area contributed by atoms with Crippen molar-refractivity contribution < 1.29 is 27.0 Å². The Hall–Kier alpha value is -2.52. The normalized spacial score (nSPS) is 12.8. The van der Waals surface area contributed by atoms with Gasteiger partial charge < -0.3 is 13.8 Å². The molecule has 25 heavy (non-hydrogen) atoms. The van der Waals surface area contributed by atoms with Crippen LogP contribution in [-0.4, -0.2) is 21.8 Å². The van der Waals surface area contributed by atoms with Crippen LogP contribution in [0.5, 0.6) is 5.75 Å². The van der Waals surface area contributed by atoms with E-state index in [1.165, 1.54) is 19.2 Å². The van der Waals surface area contributed by atoms with E-state index < -0.39 is 23.2 Å². The van der Waals surface area contributed by atoms with Gasteiger partial charge in [0.05, 0.1) is 7.11 Å². The molecule has 1 aromatic heterocycles. The Labute approximate surface area is 143 Å². The summed E-state index contributed by atoms with van der Waals surface area (Å²) < 4.78 is 59.2. The standard InChI is InChI=1S/C16H11F3N2O3S/c1-23-11-4-8-13(9-5-11)25(22)12-6-2-10(3-7-12)14-20-15(24-21-14)16(17,18)19/h2-9H,1H3. The van der Waals surface area contributed by atoms with Crippen LogP contribution in [0.25, 0.3) is 11.4 Å². The van der Waals surface area contributed by atoms with Crippen molar-refractivity contribution in [3.63, 3.8) is 0 Å². The molecular formula is C16H11F3N2O3S. The van der Waals surface area contributed by atoms with Gasteiger partial charge in [-0.3, -0.25) is 0 Å². The highest BCUT2D eigenvalue weighted by Gasteiger charge is 2.38. The Morgan fingerprint density at radius 1 is 1.00 bits per heavy atom. The molecule has 2 aromatic carbocycles.